The van der Waals surface area contributed by atoms with Gasteiger partial charge in [0.15, 0.2) is 5.82 Å². The van der Waals surface area contributed by atoms with Gasteiger partial charge in [-0.25, -0.2) is 9.67 Å². The van der Waals surface area contributed by atoms with Gasteiger partial charge >= 0.3 is 0 Å². The van der Waals surface area contributed by atoms with Crippen molar-refractivity contribution in [1.82, 2.24) is 24.6 Å². The minimum atomic E-state index is 0.161. The third-order valence-electron chi connectivity index (χ3n) is 4.92. The van der Waals surface area contributed by atoms with Crippen LogP contribution in [0.5, 0.6) is 0 Å². The highest BCUT2D eigenvalue weighted by Crippen LogP contribution is 2.13. The molecular formula is C21H22ClN5O. The molecule has 7 heteroatoms. The SMILES string of the molecule is O=C(Cc1ccc(Cl)cc1)N1CCN(Cc2ncn(-c3ccccc3)n2)CC1. The zero-order valence-corrected chi connectivity index (χ0v) is 16.3. The largest absolute Gasteiger partial charge is 0.340 e. The van der Waals surface area contributed by atoms with Crippen molar-refractivity contribution in [2.75, 3.05) is 26.2 Å². The van der Waals surface area contributed by atoms with E-state index in [-0.39, 0.29) is 5.91 Å². The van der Waals surface area contributed by atoms with Crippen molar-refractivity contribution in [2.45, 2.75) is 13.0 Å². The molecule has 0 aliphatic carbocycles. The number of carbonyl (C=O) groups is 1. The van der Waals surface area contributed by atoms with Crippen molar-refractivity contribution in [1.29, 1.82) is 0 Å². The van der Waals surface area contributed by atoms with E-state index >= 15 is 0 Å². The lowest BCUT2D eigenvalue weighted by Crippen LogP contribution is -2.48. The molecule has 28 heavy (non-hydrogen) atoms. The molecule has 144 valence electrons. The van der Waals surface area contributed by atoms with Crippen LogP contribution in [0.1, 0.15) is 11.4 Å². The number of nitrogens with zero attached hydrogens (tertiary/aromatic N) is 5. The van der Waals surface area contributed by atoms with Gasteiger partial charge in [-0.05, 0) is 29.8 Å². The van der Waals surface area contributed by atoms with E-state index in [4.69, 9.17) is 11.6 Å². The smallest absolute Gasteiger partial charge is 0.227 e. The van der Waals surface area contributed by atoms with Gasteiger partial charge in [0.2, 0.25) is 5.91 Å². The third-order valence-corrected chi connectivity index (χ3v) is 5.17. The predicted octanol–water partition coefficient (Wildman–Crippen LogP) is 2.81. The van der Waals surface area contributed by atoms with Crippen LogP contribution >= 0.6 is 11.6 Å². The number of para-hydroxylation sites is 1. The van der Waals surface area contributed by atoms with Crippen molar-refractivity contribution >= 4 is 17.5 Å². The Balaban J connectivity index is 1.28. The quantitative estimate of drug-likeness (QED) is 0.666. The van der Waals surface area contributed by atoms with E-state index in [0.717, 1.165) is 43.3 Å². The van der Waals surface area contributed by atoms with Crippen molar-refractivity contribution in [3.8, 4) is 5.69 Å². The van der Waals surface area contributed by atoms with E-state index in [1.54, 1.807) is 11.0 Å². The number of amides is 1. The molecule has 0 saturated carbocycles. The first-order chi connectivity index (χ1) is 13.7. The molecule has 6 nitrogen and oxygen atoms in total. The first-order valence-corrected chi connectivity index (χ1v) is 9.76. The minimum absolute atomic E-state index is 0.161. The lowest BCUT2D eigenvalue weighted by Gasteiger charge is -2.34. The molecule has 0 bridgehead atoms. The van der Waals surface area contributed by atoms with E-state index in [1.165, 1.54) is 0 Å². The van der Waals surface area contributed by atoms with Gasteiger partial charge < -0.3 is 4.90 Å². The van der Waals surface area contributed by atoms with Crippen LogP contribution in [0.3, 0.4) is 0 Å². The molecule has 0 atom stereocenters. The summed E-state index contributed by atoms with van der Waals surface area (Å²) in [5.74, 6) is 0.957. The van der Waals surface area contributed by atoms with Gasteiger partial charge in [-0.1, -0.05) is 41.9 Å². The summed E-state index contributed by atoms with van der Waals surface area (Å²) >= 11 is 5.90. The van der Waals surface area contributed by atoms with Gasteiger partial charge in [-0.2, -0.15) is 0 Å². The van der Waals surface area contributed by atoms with Gasteiger partial charge in [-0.3, -0.25) is 9.69 Å². The number of hydrogen-bond acceptors (Lipinski definition) is 4. The average molecular weight is 396 g/mol. The Bertz CT molecular complexity index is 917. The zero-order valence-electron chi connectivity index (χ0n) is 15.5. The van der Waals surface area contributed by atoms with Gasteiger partial charge in [0.1, 0.15) is 6.33 Å². The fourth-order valence-electron chi connectivity index (χ4n) is 3.32. The van der Waals surface area contributed by atoms with Crippen molar-refractivity contribution in [3.63, 3.8) is 0 Å². The molecule has 4 rings (SSSR count). The summed E-state index contributed by atoms with van der Waals surface area (Å²) in [4.78, 5) is 21.2. The molecule has 1 aliphatic heterocycles. The van der Waals surface area contributed by atoms with Crippen LogP contribution in [0, 0.1) is 0 Å². The molecule has 1 amide bonds. The van der Waals surface area contributed by atoms with Crippen LogP contribution in [-0.4, -0.2) is 56.7 Å². The van der Waals surface area contributed by atoms with E-state index in [1.807, 2.05) is 59.5 Å². The fourth-order valence-corrected chi connectivity index (χ4v) is 3.44. The van der Waals surface area contributed by atoms with Crippen LogP contribution in [0.25, 0.3) is 5.69 Å². The van der Waals surface area contributed by atoms with Crippen molar-refractivity contribution in [2.24, 2.45) is 0 Å². The van der Waals surface area contributed by atoms with Crippen molar-refractivity contribution < 1.29 is 4.79 Å². The number of halogens is 1. The first-order valence-electron chi connectivity index (χ1n) is 9.38. The number of piperazine rings is 1. The van der Waals surface area contributed by atoms with Crippen LogP contribution in [0.2, 0.25) is 5.02 Å². The van der Waals surface area contributed by atoms with E-state index in [9.17, 15) is 4.79 Å². The standard InChI is InChI=1S/C21H22ClN5O/c22-18-8-6-17(7-9-18)14-21(28)26-12-10-25(11-13-26)15-20-23-16-27(24-20)19-4-2-1-3-5-19/h1-9,16H,10-15H2. The molecule has 1 aromatic heterocycles. The Morgan fingerprint density at radius 3 is 2.39 bits per heavy atom. The summed E-state index contributed by atoms with van der Waals surface area (Å²) in [6, 6.07) is 17.4. The minimum Gasteiger partial charge on any atom is -0.340 e. The molecule has 1 aliphatic rings. The molecule has 0 unspecified atom stereocenters. The monoisotopic (exact) mass is 395 g/mol. The maximum Gasteiger partial charge on any atom is 0.227 e. The van der Waals surface area contributed by atoms with Gasteiger partial charge in [-0.15, -0.1) is 5.10 Å². The molecule has 2 heterocycles. The van der Waals surface area contributed by atoms with Crippen LogP contribution in [-0.2, 0) is 17.8 Å². The summed E-state index contributed by atoms with van der Waals surface area (Å²) in [5, 5.41) is 5.25. The molecular weight excluding hydrogens is 374 g/mol. The predicted molar refractivity (Wildman–Crippen MR) is 108 cm³/mol. The highest BCUT2D eigenvalue weighted by Gasteiger charge is 2.22. The van der Waals surface area contributed by atoms with Crippen LogP contribution in [0.4, 0.5) is 0 Å². The second-order valence-electron chi connectivity index (χ2n) is 6.90. The molecule has 1 saturated heterocycles. The lowest BCUT2D eigenvalue weighted by atomic mass is 10.1. The van der Waals surface area contributed by atoms with Crippen LogP contribution in [0.15, 0.2) is 60.9 Å². The van der Waals surface area contributed by atoms with E-state index in [0.29, 0.717) is 18.0 Å². The highest BCUT2D eigenvalue weighted by molar-refractivity contribution is 6.30. The molecule has 1 fully saturated rings. The lowest BCUT2D eigenvalue weighted by molar-refractivity contribution is -0.132. The second-order valence-corrected chi connectivity index (χ2v) is 7.34. The summed E-state index contributed by atoms with van der Waals surface area (Å²) in [6.45, 7) is 3.80. The molecule has 0 N–H and O–H groups in total. The number of benzene rings is 2. The molecule has 3 aromatic rings. The topological polar surface area (TPSA) is 54.3 Å². The molecule has 0 spiro atoms. The van der Waals surface area contributed by atoms with E-state index in [2.05, 4.69) is 15.0 Å². The number of aromatic nitrogens is 3. The summed E-state index contributed by atoms with van der Waals surface area (Å²) in [6.07, 6.45) is 2.16. The average Bonchev–Trinajstić information content (AvgIpc) is 3.19. The summed E-state index contributed by atoms with van der Waals surface area (Å²) < 4.78 is 1.79. The van der Waals surface area contributed by atoms with Gasteiger partial charge in [0.25, 0.3) is 0 Å². The van der Waals surface area contributed by atoms with Gasteiger partial charge in [0, 0.05) is 31.2 Å². The Morgan fingerprint density at radius 1 is 0.964 bits per heavy atom. The highest BCUT2D eigenvalue weighted by atomic mass is 35.5. The van der Waals surface area contributed by atoms with Crippen LogP contribution < -0.4 is 0 Å². The van der Waals surface area contributed by atoms with Crippen molar-refractivity contribution in [3.05, 3.63) is 77.3 Å². The Kier molecular flexibility index (Phi) is 5.69. The summed E-state index contributed by atoms with van der Waals surface area (Å²) in [5.41, 5.74) is 1.99. The normalized spacial score (nSPS) is 15.0. The molecule has 2 aromatic carbocycles. The van der Waals surface area contributed by atoms with Gasteiger partial charge in [0.05, 0.1) is 18.7 Å². The third kappa shape index (κ3) is 4.58. The number of hydrogen-bond donors (Lipinski definition) is 0. The Morgan fingerprint density at radius 2 is 1.68 bits per heavy atom. The second kappa shape index (κ2) is 8.54. The molecule has 0 radical (unpaired) electrons. The number of rotatable bonds is 5. The fraction of sp³-hybridized carbons (Fsp3) is 0.286. The van der Waals surface area contributed by atoms with E-state index < -0.39 is 0 Å². The Labute approximate surface area is 169 Å². The zero-order chi connectivity index (χ0) is 19.3. The number of carbonyl (C=O) groups excluding carboxylic acids is 1. The maximum absolute atomic E-state index is 12.5. The Hall–Kier alpha value is -2.70. The summed E-state index contributed by atoms with van der Waals surface area (Å²) in [7, 11) is 0. The maximum atomic E-state index is 12.5. The first kappa shape index (κ1) is 18.7.